The van der Waals surface area contributed by atoms with E-state index in [1.165, 1.54) is 18.1 Å². The summed E-state index contributed by atoms with van der Waals surface area (Å²) in [4.78, 5) is 22.0. The van der Waals surface area contributed by atoms with Crippen LogP contribution in [0.5, 0.6) is 5.75 Å². The predicted molar refractivity (Wildman–Crippen MR) is 86.7 cm³/mol. The van der Waals surface area contributed by atoms with Crippen LogP contribution in [0.2, 0.25) is 0 Å². The quantitative estimate of drug-likeness (QED) is 0.423. The Kier molecular flexibility index (Phi) is 4.20. The largest absolute Gasteiger partial charge is 0.494 e. The molecule has 3 rings (SSSR count). The van der Waals surface area contributed by atoms with Gasteiger partial charge >= 0.3 is 5.82 Å². The number of hydrogen-bond donors (Lipinski definition) is 1. The maximum absolute atomic E-state index is 11.0. The molecule has 0 atom stereocenters. The van der Waals surface area contributed by atoms with Gasteiger partial charge < -0.3 is 24.4 Å². The number of nitrogens with one attached hydrogen (secondary N) is 1. The van der Waals surface area contributed by atoms with Crippen LogP contribution in [0.25, 0.3) is 11.0 Å². The Hall–Kier alpha value is -2.55. The van der Waals surface area contributed by atoms with Gasteiger partial charge in [-0.05, 0) is 29.0 Å². The highest BCUT2D eigenvalue weighted by Gasteiger charge is 2.20. The van der Waals surface area contributed by atoms with E-state index in [4.69, 9.17) is 4.74 Å². The van der Waals surface area contributed by atoms with Crippen LogP contribution in [0.4, 0.5) is 5.82 Å². The molecule has 0 amide bonds. The highest BCUT2D eigenvalue weighted by atomic mass is 32.2. The predicted octanol–water partition coefficient (Wildman–Crippen LogP) is 2.90. The first-order chi connectivity index (χ1) is 11.1. The Bertz CT molecular complexity index is 857. The van der Waals surface area contributed by atoms with Crippen LogP contribution < -0.4 is 4.74 Å². The van der Waals surface area contributed by atoms with Crippen LogP contribution in [-0.4, -0.2) is 31.0 Å². The number of aromatic amines is 1. The van der Waals surface area contributed by atoms with Crippen molar-refractivity contribution in [2.45, 2.75) is 17.8 Å². The number of fused-ring (bicyclic) bond motifs is 1. The van der Waals surface area contributed by atoms with Crippen molar-refractivity contribution in [3.8, 4) is 5.75 Å². The number of aryl methyl sites for hydroxylation is 1. The van der Waals surface area contributed by atoms with Gasteiger partial charge in [0, 0.05) is 13.1 Å². The zero-order valence-corrected chi connectivity index (χ0v) is 13.5. The summed E-state index contributed by atoms with van der Waals surface area (Å²) in [5.74, 6) is 1.07. The van der Waals surface area contributed by atoms with Gasteiger partial charge in [-0.1, -0.05) is 11.8 Å². The second-order valence-electron chi connectivity index (χ2n) is 4.83. The molecule has 2 heterocycles. The van der Waals surface area contributed by atoms with E-state index in [9.17, 15) is 10.1 Å². The summed E-state index contributed by atoms with van der Waals surface area (Å²) in [7, 11) is 1.74. The van der Waals surface area contributed by atoms with Crippen molar-refractivity contribution in [2.75, 3.05) is 6.61 Å². The van der Waals surface area contributed by atoms with E-state index in [0.29, 0.717) is 23.2 Å². The van der Waals surface area contributed by atoms with Gasteiger partial charge in [-0.15, -0.1) is 0 Å². The van der Waals surface area contributed by atoms with Crippen LogP contribution in [0.15, 0.2) is 29.7 Å². The van der Waals surface area contributed by atoms with Crippen molar-refractivity contribution in [1.82, 2.24) is 19.5 Å². The Labute approximate surface area is 136 Å². The first-order valence-electron chi connectivity index (χ1n) is 6.98. The Balaban J connectivity index is 1.80. The lowest BCUT2D eigenvalue weighted by atomic mass is 10.3. The van der Waals surface area contributed by atoms with Gasteiger partial charge in [-0.2, -0.15) is 0 Å². The summed E-state index contributed by atoms with van der Waals surface area (Å²) in [5, 5.41) is 11.7. The minimum atomic E-state index is -0.469. The number of rotatable bonds is 6. The summed E-state index contributed by atoms with van der Waals surface area (Å²) in [5.41, 5.74) is 2.25. The molecule has 0 spiro atoms. The summed E-state index contributed by atoms with van der Waals surface area (Å²) < 4.78 is 7.11. The molecule has 0 aliphatic carbocycles. The summed E-state index contributed by atoms with van der Waals surface area (Å²) in [6.07, 6.45) is 1.45. The topological polar surface area (TPSA) is 98.9 Å². The third-order valence-corrected chi connectivity index (χ3v) is 4.18. The normalized spacial score (nSPS) is 11.0. The lowest BCUT2D eigenvalue weighted by Crippen LogP contribution is -1.98. The van der Waals surface area contributed by atoms with Crippen molar-refractivity contribution in [3.63, 3.8) is 0 Å². The van der Waals surface area contributed by atoms with Crippen molar-refractivity contribution < 1.29 is 9.66 Å². The standard InChI is InChI=1S/C14H15N5O3S/c1-3-22-9-4-5-10-11(6-9)17-14(16-10)23-7-12-13(19(20)21)15-8-18(12)2/h4-6,8H,3,7H2,1-2H3,(H,16,17). The fraction of sp³-hybridized carbons (Fsp3) is 0.286. The summed E-state index contributed by atoms with van der Waals surface area (Å²) in [6, 6.07) is 5.64. The highest BCUT2D eigenvalue weighted by molar-refractivity contribution is 7.98. The molecule has 0 fully saturated rings. The van der Waals surface area contributed by atoms with Gasteiger partial charge in [-0.25, -0.2) is 4.98 Å². The highest BCUT2D eigenvalue weighted by Crippen LogP contribution is 2.28. The van der Waals surface area contributed by atoms with Gasteiger partial charge in [0.2, 0.25) is 6.33 Å². The Morgan fingerprint density at radius 1 is 1.48 bits per heavy atom. The molecule has 9 heteroatoms. The molecule has 0 radical (unpaired) electrons. The first kappa shape index (κ1) is 15.3. The number of aromatic nitrogens is 4. The number of nitrogens with zero attached hydrogens (tertiary/aromatic N) is 4. The zero-order chi connectivity index (χ0) is 16.4. The maximum atomic E-state index is 11.0. The fourth-order valence-corrected chi connectivity index (χ4v) is 3.14. The fourth-order valence-electron chi connectivity index (χ4n) is 2.19. The molecule has 3 aromatic rings. The second-order valence-corrected chi connectivity index (χ2v) is 5.79. The number of imidazole rings is 2. The van der Waals surface area contributed by atoms with Crippen molar-refractivity contribution in [3.05, 3.63) is 40.3 Å². The van der Waals surface area contributed by atoms with E-state index < -0.39 is 4.92 Å². The van der Waals surface area contributed by atoms with E-state index >= 15 is 0 Å². The van der Waals surface area contributed by atoms with Crippen LogP contribution in [0.1, 0.15) is 12.6 Å². The lowest BCUT2D eigenvalue weighted by molar-refractivity contribution is -0.390. The van der Waals surface area contributed by atoms with Crippen molar-refractivity contribution >= 4 is 28.6 Å². The van der Waals surface area contributed by atoms with Gasteiger partial charge in [0.15, 0.2) is 5.16 Å². The average molecular weight is 333 g/mol. The van der Waals surface area contributed by atoms with Gasteiger partial charge in [0.05, 0.1) is 23.4 Å². The number of H-pyrrole nitrogens is 1. The van der Waals surface area contributed by atoms with E-state index in [1.807, 2.05) is 25.1 Å². The first-order valence-corrected chi connectivity index (χ1v) is 7.97. The molecule has 23 heavy (non-hydrogen) atoms. The summed E-state index contributed by atoms with van der Waals surface area (Å²) >= 11 is 1.40. The third kappa shape index (κ3) is 3.14. The van der Waals surface area contributed by atoms with Crippen LogP contribution in [0.3, 0.4) is 0 Å². The molecule has 0 bridgehead atoms. The number of nitro groups is 1. The monoisotopic (exact) mass is 333 g/mol. The molecule has 0 aliphatic heterocycles. The smallest absolute Gasteiger partial charge is 0.385 e. The lowest BCUT2D eigenvalue weighted by Gasteiger charge is -2.01. The molecule has 8 nitrogen and oxygen atoms in total. The zero-order valence-electron chi connectivity index (χ0n) is 12.6. The van der Waals surface area contributed by atoms with Gasteiger partial charge in [0.1, 0.15) is 11.4 Å². The second kappa shape index (κ2) is 6.29. The number of thioether (sulfide) groups is 1. The molecular weight excluding hydrogens is 318 g/mol. The van der Waals surface area contributed by atoms with E-state index in [0.717, 1.165) is 16.8 Å². The van der Waals surface area contributed by atoms with Crippen LogP contribution >= 0.6 is 11.8 Å². The molecule has 1 N–H and O–H groups in total. The summed E-state index contributed by atoms with van der Waals surface area (Å²) in [6.45, 7) is 2.53. The average Bonchev–Trinajstić information content (AvgIpc) is 3.08. The van der Waals surface area contributed by atoms with Gasteiger partial charge in [-0.3, -0.25) is 0 Å². The molecule has 0 unspecified atom stereocenters. The third-order valence-electron chi connectivity index (χ3n) is 3.30. The number of ether oxygens (including phenoxy) is 1. The molecular formula is C14H15N5O3S. The Morgan fingerprint density at radius 3 is 3.04 bits per heavy atom. The molecule has 0 saturated carbocycles. The maximum Gasteiger partial charge on any atom is 0.385 e. The molecule has 1 aromatic carbocycles. The number of benzene rings is 1. The van der Waals surface area contributed by atoms with Crippen LogP contribution in [0, 0.1) is 10.1 Å². The van der Waals surface area contributed by atoms with Gasteiger partial charge in [0.25, 0.3) is 0 Å². The van der Waals surface area contributed by atoms with E-state index in [1.54, 1.807) is 11.6 Å². The van der Waals surface area contributed by atoms with E-state index in [2.05, 4.69) is 15.0 Å². The molecule has 0 saturated heterocycles. The minimum absolute atomic E-state index is 0.116. The van der Waals surface area contributed by atoms with E-state index in [-0.39, 0.29) is 5.82 Å². The number of hydrogen-bond acceptors (Lipinski definition) is 6. The minimum Gasteiger partial charge on any atom is -0.494 e. The van der Waals surface area contributed by atoms with Crippen molar-refractivity contribution in [1.29, 1.82) is 0 Å². The van der Waals surface area contributed by atoms with Crippen LogP contribution in [-0.2, 0) is 12.8 Å². The molecule has 120 valence electrons. The molecule has 0 aliphatic rings. The molecule has 2 aromatic heterocycles. The van der Waals surface area contributed by atoms with Crippen molar-refractivity contribution in [2.24, 2.45) is 7.05 Å². The SMILES string of the molecule is CCOc1ccc2nc(SCc3c([N+](=O)[O-])ncn3C)[nH]c2c1. The Morgan fingerprint density at radius 2 is 2.30 bits per heavy atom.